The van der Waals surface area contributed by atoms with Crippen molar-refractivity contribution in [3.05, 3.63) is 0 Å². The van der Waals surface area contributed by atoms with Gasteiger partial charge in [-0.1, -0.05) is 20.8 Å². The summed E-state index contributed by atoms with van der Waals surface area (Å²) >= 11 is 6.15. The van der Waals surface area contributed by atoms with Gasteiger partial charge in [-0.25, -0.2) is 0 Å². The van der Waals surface area contributed by atoms with Gasteiger partial charge in [-0.15, -0.1) is 11.6 Å². The summed E-state index contributed by atoms with van der Waals surface area (Å²) in [6.45, 7) is 7.08. The van der Waals surface area contributed by atoms with Crippen LogP contribution in [0.15, 0.2) is 0 Å². The molecule has 1 N–H and O–H groups in total. The lowest BCUT2D eigenvalue weighted by molar-refractivity contribution is -0.121. The van der Waals surface area contributed by atoms with Crippen LogP contribution in [0.5, 0.6) is 0 Å². The molecule has 0 saturated heterocycles. The van der Waals surface area contributed by atoms with Crippen LogP contribution in [0.25, 0.3) is 0 Å². The molecule has 1 amide bonds. The molecule has 1 fully saturated rings. The number of carbonyl (C=O) groups excluding carboxylic acids is 1. The van der Waals surface area contributed by atoms with Crippen molar-refractivity contribution in [2.75, 3.05) is 6.54 Å². The van der Waals surface area contributed by atoms with E-state index in [0.29, 0.717) is 18.9 Å². The minimum Gasteiger partial charge on any atom is -0.355 e. The number of alkyl halides is 1. The quantitative estimate of drug-likeness (QED) is 0.725. The van der Waals surface area contributed by atoms with Gasteiger partial charge in [0.15, 0.2) is 0 Å². The fourth-order valence-electron chi connectivity index (χ4n) is 1.62. The Kier molecular flexibility index (Phi) is 4.45. The van der Waals surface area contributed by atoms with Crippen molar-refractivity contribution in [1.82, 2.24) is 5.32 Å². The minimum absolute atomic E-state index is 0.0492. The van der Waals surface area contributed by atoms with Crippen LogP contribution in [-0.4, -0.2) is 17.8 Å². The molecule has 1 unspecified atom stereocenters. The average Bonchev–Trinajstić information content (AvgIpc) is 2.81. The molecule has 0 bridgehead atoms. The highest BCUT2D eigenvalue weighted by Crippen LogP contribution is 2.32. The van der Waals surface area contributed by atoms with Gasteiger partial charge in [0, 0.05) is 13.0 Å². The van der Waals surface area contributed by atoms with Gasteiger partial charge in [0.05, 0.1) is 5.38 Å². The number of nitrogens with one attached hydrogen (secondary N) is 1. The van der Waals surface area contributed by atoms with Gasteiger partial charge in [0.2, 0.25) is 5.91 Å². The van der Waals surface area contributed by atoms with E-state index in [1.165, 1.54) is 12.8 Å². The van der Waals surface area contributed by atoms with Gasteiger partial charge in [-0.05, 0) is 30.6 Å². The van der Waals surface area contributed by atoms with Gasteiger partial charge in [-0.3, -0.25) is 4.79 Å². The highest BCUT2D eigenvalue weighted by molar-refractivity contribution is 6.20. The maximum Gasteiger partial charge on any atom is 0.220 e. The smallest absolute Gasteiger partial charge is 0.220 e. The summed E-state index contributed by atoms with van der Waals surface area (Å²) in [4.78, 5) is 11.4. The van der Waals surface area contributed by atoms with E-state index in [9.17, 15) is 4.79 Å². The lowest BCUT2D eigenvalue weighted by atomic mass is 9.90. The molecule has 0 aromatic heterocycles. The van der Waals surface area contributed by atoms with Gasteiger partial charge in [0.1, 0.15) is 0 Å². The van der Waals surface area contributed by atoms with E-state index in [4.69, 9.17) is 11.6 Å². The Morgan fingerprint density at radius 3 is 2.53 bits per heavy atom. The number of halogens is 1. The molecule has 1 aliphatic carbocycles. The summed E-state index contributed by atoms with van der Waals surface area (Å²) < 4.78 is 0. The number of rotatable bonds is 5. The molecule has 1 rings (SSSR count). The van der Waals surface area contributed by atoms with Crippen LogP contribution < -0.4 is 5.32 Å². The molecule has 0 radical (unpaired) electrons. The molecule has 1 atom stereocenters. The van der Waals surface area contributed by atoms with Crippen LogP contribution in [0.1, 0.15) is 46.5 Å². The zero-order valence-electron chi connectivity index (χ0n) is 9.98. The Bertz CT molecular complexity index is 218. The van der Waals surface area contributed by atoms with E-state index in [0.717, 1.165) is 6.42 Å². The van der Waals surface area contributed by atoms with Gasteiger partial charge in [0.25, 0.3) is 0 Å². The van der Waals surface area contributed by atoms with Crippen molar-refractivity contribution in [3.63, 3.8) is 0 Å². The normalized spacial score (nSPS) is 18.7. The Morgan fingerprint density at radius 2 is 2.07 bits per heavy atom. The maximum absolute atomic E-state index is 11.4. The molecule has 1 saturated carbocycles. The summed E-state index contributed by atoms with van der Waals surface area (Å²) in [5.41, 5.74) is 0.230. The van der Waals surface area contributed by atoms with Crippen LogP contribution in [-0.2, 0) is 4.79 Å². The first-order chi connectivity index (χ1) is 6.87. The molecule has 0 aromatic carbocycles. The van der Waals surface area contributed by atoms with E-state index in [-0.39, 0.29) is 16.7 Å². The van der Waals surface area contributed by atoms with Crippen LogP contribution in [0.2, 0.25) is 0 Å². The molecule has 2 nitrogen and oxygen atoms in total. The third-order valence-corrected chi connectivity index (χ3v) is 2.83. The molecule has 88 valence electrons. The standard InChI is InChI=1S/C12H22ClNO/c1-12(2,3)7-10(13)8-14-11(15)6-9-4-5-9/h9-10H,4-8H2,1-3H3,(H,14,15). The molecule has 0 spiro atoms. The van der Waals surface area contributed by atoms with E-state index in [2.05, 4.69) is 26.1 Å². The monoisotopic (exact) mass is 231 g/mol. The minimum atomic E-state index is 0.0492. The highest BCUT2D eigenvalue weighted by atomic mass is 35.5. The zero-order valence-corrected chi connectivity index (χ0v) is 10.7. The largest absolute Gasteiger partial charge is 0.355 e. The SMILES string of the molecule is CC(C)(C)CC(Cl)CNC(=O)CC1CC1. The van der Waals surface area contributed by atoms with Crippen molar-refractivity contribution in [2.45, 2.75) is 51.8 Å². The number of carbonyl (C=O) groups is 1. The lowest BCUT2D eigenvalue weighted by Gasteiger charge is -2.21. The Labute approximate surface area is 97.8 Å². The van der Waals surface area contributed by atoms with E-state index in [1.54, 1.807) is 0 Å². The highest BCUT2D eigenvalue weighted by Gasteiger charge is 2.24. The van der Waals surface area contributed by atoms with Gasteiger partial charge in [-0.2, -0.15) is 0 Å². The summed E-state index contributed by atoms with van der Waals surface area (Å²) in [5.74, 6) is 0.818. The lowest BCUT2D eigenvalue weighted by Crippen LogP contribution is -2.31. The van der Waals surface area contributed by atoms with Crippen molar-refractivity contribution >= 4 is 17.5 Å². The summed E-state index contributed by atoms with van der Waals surface area (Å²) in [6, 6.07) is 0. The summed E-state index contributed by atoms with van der Waals surface area (Å²) in [6.07, 6.45) is 4.07. The van der Waals surface area contributed by atoms with E-state index < -0.39 is 0 Å². The van der Waals surface area contributed by atoms with Crippen molar-refractivity contribution in [3.8, 4) is 0 Å². The molecule has 0 aromatic rings. The molecule has 0 aliphatic heterocycles. The topological polar surface area (TPSA) is 29.1 Å². The van der Waals surface area contributed by atoms with E-state index >= 15 is 0 Å². The fraction of sp³-hybridized carbons (Fsp3) is 0.917. The molecule has 15 heavy (non-hydrogen) atoms. The first kappa shape index (κ1) is 12.8. The third kappa shape index (κ3) is 6.77. The molecular weight excluding hydrogens is 210 g/mol. The Morgan fingerprint density at radius 1 is 1.47 bits per heavy atom. The van der Waals surface area contributed by atoms with Gasteiger partial charge < -0.3 is 5.32 Å². The molecular formula is C12H22ClNO. The molecule has 0 heterocycles. The zero-order chi connectivity index (χ0) is 11.5. The molecule has 1 aliphatic rings. The average molecular weight is 232 g/mol. The number of amides is 1. The van der Waals surface area contributed by atoms with Crippen LogP contribution in [0, 0.1) is 11.3 Å². The van der Waals surface area contributed by atoms with Crippen LogP contribution in [0.3, 0.4) is 0 Å². The van der Waals surface area contributed by atoms with Crippen molar-refractivity contribution < 1.29 is 4.79 Å². The predicted octanol–water partition coefficient (Wildman–Crippen LogP) is 2.95. The number of hydrogen-bond acceptors (Lipinski definition) is 1. The van der Waals surface area contributed by atoms with Crippen molar-refractivity contribution in [1.29, 1.82) is 0 Å². The first-order valence-corrected chi connectivity index (χ1v) is 6.21. The maximum atomic E-state index is 11.4. The number of hydrogen-bond donors (Lipinski definition) is 1. The second-order valence-electron chi connectivity index (χ2n) is 5.81. The summed E-state index contributed by atoms with van der Waals surface area (Å²) in [5, 5.41) is 2.95. The summed E-state index contributed by atoms with van der Waals surface area (Å²) in [7, 11) is 0. The van der Waals surface area contributed by atoms with Gasteiger partial charge >= 0.3 is 0 Å². The van der Waals surface area contributed by atoms with Crippen LogP contribution in [0.4, 0.5) is 0 Å². The third-order valence-electron chi connectivity index (χ3n) is 2.53. The van der Waals surface area contributed by atoms with Crippen LogP contribution >= 0.6 is 11.6 Å². The Hall–Kier alpha value is -0.240. The second-order valence-corrected chi connectivity index (χ2v) is 6.43. The molecule has 3 heteroatoms. The first-order valence-electron chi connectivity index (χ1n) is 5.77. The predicted molar refractivity (Wildman–Crippen MR) is 64.1 cm³/mol. The fourth-order valence-corrected chi connectivity index (χ4v) is 2.16. The Balaban J connectivity index is 2.09. The van der Waals surface area contributed by atoms with Crippen molar-refractivity contribution in [2.24, 2.45) is 11.3 Å². The second kappa shape index (κ2) is 5.20. The van der Waals surface area contributed by atoms with E-state index in [1.807, 2.05) is 0 Å².